The predicted octanol–water partition coefficient (Wildman–Crippen LogP) is 6.40. The highest BCUT2D eigenvalue weighted by molar-refractivity contribution is 7.54. The van der Waals surface area contributed by atoms with Gasteiger partial charge in [-0.05, 0) is 35.4 Å². The van der Waals surface area contributed by atoms with Gasteiger partial charge in [0.05, 0.1) is 24.6 Å². The Bertz CT molecular complexity index is 1190. The molecule has 0 aliphatic rings. The molecule has 4 aromatic rings. The van der Waals surface area contributed by atoms with Gasteiger partial charge in [-0.25, -0.2) is 19.3 Å². The van der Waals surface area contributed by atoms with E-state index in [1.54, 1.807) is 60.7 Å². The van der Waals surface area contributed by atoms with Crippen LogP contribution in [0.3, 0.4) is 0 Å². The molecule has 0 aliphatic heterocycles. The maximum atomic E-state index is 11.9. The first-order valence-electron chi connectivity index (χ1n) is 11.0. The van der Waals surface area contributed by atoms with Crippen molar-refractivity contribution < 1.29 is 28.0 Å². The highest BCUT2D eigenvalue weighted by atomic mass is 31.2. The molecule has 0 spiro atoms. The molecular weight excluding hydrogens is 498 g/mol. The van der Waals surface area contributed by atoms with Crippen molar-refractivity contribution in [2.45, 2.75) is 13.2 Å². The predicted molar refractivity (Wildman–Crippen MR) is 141 cm³/mol. The summed E-state index contributed by atoms with van der Waals surface area (Å²) in [5, 5.41) is 0. The minimum atomic E-state index is -4.39. The van der Waals surface area contributed by atoms with E-state index in [1.807, 2.05) is 60.7 Å². The largest absolute Gasteiger partial charge is 0.434 e. The second-order valence-corrected chi connectivity index (χ2v) is 10.6. The molecule has 0 aliphatic carbocycles. The van der Waals surface area contributed by atoms with Gasteiger partial charge in [0.15, 0.2) is 0 Å². The fraction of sp³-hybridized carbons (Fsp3) is 0.0769. The van der Waals surface area contributed by atoms with Crippen LogP contribution in [0.15, 0.2) is 121 Å². The molecule has 188 valence electrons. The number of hydrogen-bond donors (Lipinski definition) is 3. The Morgan fingerprint density at radius 3 is 1.19 bits per heavy atom. The van der Waals surface area contributed by atoms with E-state index >= 15 is 0 Å². The molecule has 8 nitrogen and oxygen atoms in total. The number of anilines is 2. The Kier molecular flexibility index (Phi) is 10.2. The first kappa shape index (κ1) is 27.5. The molecule has 0 amide bonds. The van der Waals surface area contributed by atoms with Crippen molar-refractivity contribution in [3.05, 3.63) is 132 Å². The minimum Gasteiger partial charge on any atom is -0.308 e. The molecule has 0 saturated carbocycles. The smallest absolute Gasteiger partial charge is 0.308 e. The Balaban J connectivity index is 0.000000202. The molecule has 0 saturated heterocycles. The summed E-state index contributed by atoms with van der Waals surface area (Å²) in [5.74, 6) is 0. The third-order valence-corrected chi connectivity index (χ3v) is 6.73. The molecule has 0 heterocycles. The summed E-state index contributed by atoms with van der Waals surface area (Å²) in [4.78, 5) is 18.8. The first-order valence-corrected chi connectivity index (χ1v) is 14.1. The summed E-state index contributed by atoms with van der Waals surface area (Å²) in [5.41, 5.74) is 8.25. The van der Waals surface area contributed by atoms with E-state index in [9.17, 15) is 18.9 Å². The molecule has 4 aromatic carbocycles. The number of hydrogen-bond acceptors (Lipinski definition) is 4. The van der Waals surface area contributed by atoms with E-state index in [0.29, 0.717) is 11.4 Å². The second kappa shape index (κ2) is 13.3. The van der Waals surface area contributed by atoms with Crippen LogP contribution in [0.5, 0.6) is 0 Å². The fourth-order valence-corrected chi connectivity index (χ4v) is 4.70. The summed E-state index contributed by atoms with van der Waals surface area (Å²) in [7, 11) is -7.91. The average Bonchev–Trinajstić information content (AvgIpc) is 2.89. The summed E-state index contributed by atoms with van der Waals surface area (Å²) in [6.07, 6.45) is 0. The number of nitrogens with zero attached hydrogens (tertiary/aromatic N) is 1. The van der Waals surface area contributed by atoms with E-state index in [4.69, 9.17) is 14.6 Å². The molecule has 36 heavy (non-hydrogen) atoms. The third-order valence-electron chi connectivity index (χ3n) is 4.77. The fourth-order valence-electron chi connectivity index (χ4n) is 3.10. The minimum absolute atomic E-state index is 0.170. The monoisotopic (exact) mass is 526 g/mol. The van der Waals surface area contributed by atoms with Crippen LogP contribution in [-0.4, -0.2) is 9.79 Å². The molecule has 0 aromatic heterocycles. The van der Waals surface area contributed by atoms with Crippen LogP contribution in [0.1, 0.15) is 11.1 Å². The Morgan fingerprint density at radius 1 is 0.583 bits per heavy atom. The summed E-state index contributed by atoms with van der Waals surface area (Å²) in [6.45, 7) is 0.340. The van der Waals surface area contributed by atoms with Crippen molar-refractivity contribution in [2.75, 3.05) is 4.67 Å². The van der Waals surface area contributed by atoms with Gasteiger partial charge in [-0.15, -0.1) is 0 Å². The van der Waals surface area contributed by atoms with Gasteiger partial charge in [-0.2, -0.15) is 0 Å². The van der Waals surface area contributed by atoms with Crippen molar-refractivity contribution in [1.29, 1.82) is 0 Å². The zero-order valence-electron chi connectivity index (χ0n) is 19.4. The topological polar surface area (TPSA) is 122 Å². The van der Waals surface area contributed by atoms with Crippen LogP contribution in [0.2, 0.25) is 0 Å². The SMILES string of the molecule is NP(=O)(OCc1ccccc1)OCc1ccccc1.O=P(O)(O)N(c1ccccc1)c1ccccc1. The van der Waals surface area contributed by atoms with Crippen LogP contribution >= 0.6 is 15.5 Å². The zero-order chi connectivity index (χ0) is 25.9. The van der Waals surface area contributed by atoms with Gasteiger partial charge in [0.25, 0.3) is 0 Å². The molecule has 0 atom stereocenters. The number of nitrogens with two attached hydrogens (primary N) is 1. The van der Waals surface area contributed by atoms with E-state index < -0.39 is 15.5 Å². The Hall–Kier alpha value is -3.06. The lowest BCUT2D eigenvalue weighted by Gasteiger charge is -2.25. The number of benzene rings is 4. The molecule has 4 rings (SSSR count). The van der Waals surface area contributed by atoms with Gasteiger partial charge in [0, 0.05) is 0 Å². The first-order chi connectivity index (χ1) is 17.2. The van der Waals surface area contributed by atoms with Gasteiger partial charge in [-0.1, -0.05) is 97.1 Å². The summed E-state index contributed by atoms with van der Waals surface area (Å²) < 4.78 is 34.8. The molecular formula is C26H28N2O6P2. The van der Waals surface area contributed by atoms with Gasteiger partial charge in [-0.3, -0.25) is 9.05 Å². The van der Waals surface area contributed by atoms with Crippen LogP contribution < -0.4 is 10.2 Å². The van der Waals surface area contributed by atoms with Gasteiger partial charge in [0.1, 0.15) is 0 Å². The van der Waals surface area contributed by atoms with Crippen LogP contribution in [-0.2, 0) is 31.4 Å². The molecule has 0 fully saturated rings. The quantitative estimate of drug-likeness (QED) is 0.214. The van der Waals surface area contributed by atoms with E-state index in [1.165, 1.54) is 0 Å². The van der Waals surface area contributed by atoms with Crippen molar-refractivity contribution in [3.63, 3.8) is 0 Å². The van der Waals surface area contributed by atoms with Crippen LogP contribution in [0, 0.1) is 0 Å². The lowest BCUT2D eigenvalue weighted by Crippen LogP contribution is -2.12. The van der Waals surface area contributed by atoms with Crippen molar-refractivity contribution in [3.8, 4) is 0 Å². The second-order valence-electron chi connectivity index (χ2n) is 7.55. The summed E-state index contributed by atoms with van der Waals surface area (Å²) in [6, 6.07) is 36.0. The Labute approximate surface area is 210 Å². The lowest BCUT2D eigenvalue weighted by atomic mass is 10.2. The lowest BCUT2D eigenvalue weighted by molar-refractivity contribution is 0.191. The highest BCUT2D eigenvalue weighted by Gasteiger charge is 2.27. The van der Waals surface area contributed by atoms with Crippen molar-refractivity contribution in [1.82, 2.24) is 0 Å². The van der Waals surface area contributed by atoms with Crippen LogP contribution in [0.4, 0.5) is 11.4 Å². The normalized spacial score (nSPS) is 11.3. The Morgan fingerprint density at radius 2 is 0.889 bits per heavy atom. The maximum absolute atomic E-state index is 11.9. The number of rotatable bonds is 9. The molecule has 0 bridgehead atoms. The van der Waals surface area contributed by atoms with Gasteiger partial charge >= 0.3 is 15.5 Å². The van der Waals surface area contributed by atoms with E-state index in [2.05, 4.69) is 0 Å². The van der Waals surface area contributed by atoms with Crippen molar-refractivity contribution in [2.24, 2.45) is 5.50 Å². The molecule has 4 N–H and O–H groups in total. The van der Waals surface area contributed by atoms with Gasteiger partial charge < -0.3 is 9.79 Å². The molecule has 0 radical (unpaired) electrons. The van der Waals surface area contributed by atoms with E-state index in [-0.39, 0.29) is 13.2 Å². The van der Waals surface area contributed by atoms with Crippen molar-refractivity contribution >= 4 is 26.9 Å². The average molecular weight is 526 g/mol. The highest BCUT2D eigenvalue weighted by Crippen LogP contribution is 2.49. The zero-order valence-corrected chi connectivity index (χ0v) is 21.2. The number of para-hydroxylation sites is 2. The molecule has 0 unspecified atom stereocenters. The standard InChI is InChI=1S/C14H16NO3P.C12H12NO3P/c15-19(16,17-11-13-7-3-1-4-8-13)18-12-14-9-5-2-6-10-14;14-17(15,16)13(11-7-3-1-4-8-11)12-9-5-2-6-10-12/h1-10H,11-12H2,(H2,15,16);1-10H,(H2,14,15,16). The van der Waals surface area contributed by atoms with Gasteiger partial charge in [0.2, 0.25) is 0 Å². The van der Waals surface area contributed by atoms with E-state index in [0.717, 1.165) is 15.8 Å². The van der Waals surface area contributed by atoms with Crippen LogP contribution in [0.25, 0.3) is 0 Å². The summed E-state index contributed by atoms with van der Waals surface area (Å²) >= 11 is 0. The maximum Gasteiger partial charge on any atom is 0.434 e. The third kappa shape index (κ3) is 9.19. The molecule has 10 heteroatoms.